The van der Waals surface area contributed by atoms with Crippen molar-refractivity contribution in [2.45, 2.75) is 33.2 Å². The molecule has 4 rings (SSSR count). The molecule has 0 radical (unpaired) electrons. The molecule has 0 bridgehead atoms. The van der Waals surface area contributed by atoms with E-state index < -0.39 is 0 Å². The molecule has 7 nitrogen and oxygen atoms in total. The lowest BCUT2D eigenvalue weighted by atomic mass is 9.97. The topological polar surface area (TPSA) is 94.0 Å². The van der Waals surface area contributed by atoms with Crippen LogP contribution in [0.2, 0.25) is 0 Å². The second-order valence-electron chi connectivity index (χ2n) is 9.29. The first-order valence-electron chi connectivity index (χ1n) is 12.1. The van der Waals surface area contributed by atoms with Crippen molar-refractivity contribution in [3.8, 4) is 0 Å². The Labute approximate surface area is 215 Å². The number of nitrogens with zero attached hydrogens (tertiary/aromatic N) is 2. The molecule has 1 saturated heterocycles. The molecule has 0 spiro atoms. The van der Waals surface area contributed by atoms with Crippen molar-refractivity contribution in [1.29, 1.82) is 0 Å². The molecule has 8 heteroatoms. The van der Waals surface area contributed by atoms with E-state index in [1.165, 1.54) is 11.3 Å². The number of aliphatic hydroxyl groups excluding tert-OH is 1. The number of hydrazone groups is 1. The molecule has 1 aliphatic heterocycles. The van der Waals surface area contributed by atoms with Gasteiger partial charge in [0.05, 0.1) is 11.8 Å². The Hall–Kier alpha value is -3.33. The van der Waals surface area contributed by atoms with E-state index in [2.05, 4.69) is 20.7 Å². The van der Waals surface area contributed by atoms with E-state index in [1.54, 1.807) is 12.3 Å². The maximum absolute atomic E-state index is 13.0. The highest BCUT2D eigenvalue weighted by Gasteiger charge is 2.21. The molecular weight excluding hydrogens is 472 g/mol. The molecule has 2 aromatic carbocycles. The minimum absolute atomic E-state index is 0.255. The normalized spacial score (nSPS) is 14.8. The van der Waals surface area contributed by atoms with Gasteiger partial charge in [0.15, 0.2) is 0 Å². The van der Waals surface area contributed by atoms with E-state index in [4.69, 9.17) is 0 Å². The Morgan fingerprint density at radius 2 is 1.86 bits per heavy atom. The van der Waals surface area contributed by atoms with Crippen molar-refractivity contribution < 1.29 is 14.7 Å². The summed E-state index contributed by atoms with van der Waals surface area (Å²) in [6.45, 7) is 6.76. The molecular formula is C28H32N4O3S. The first kappa shape index (κ1) is 25.8. The van der Waals surface area contributed by atoms with Crippen LogP contribution >= 0.6 is 11.3 Å². The maximum atomic E-state index is 13.0. The highest BCUT2D eigenvalue weighted by molar-refractivity contribution is 7.15. The second-order valence-corrected chi connectivity index (χ2v) is 10.2. The molecule has 2 amide bonds. The van der Waals surface area contributed by atoms with E-state index in [0.29, 0.717) is 22.0 Å². The lowest BCUT2D eigenvalue weighted by Gasteiger charge is -2.31. The largest absolute Gasteiger partial charge is 0.396 e. The highest BCUT2D eigenvalue weighted by atomic mass is 32.1. The Balaban J connectivity index is 1.39. The molecule has 3 N–H and O–H groups in total. The number of aryl methyl sites for hydroxylation is 2. The maximum Gasteiger partial charge on any atom is 0.274 e. The van der Waals surface area contributed by atoms with Crippen LogP contribution in [0.25, 0.3) is 0 Å². The van der Waals surface area contributed by atoms with Crippen molar-refractivity contribution in [2.24, 2.45) is 11.0 Å². The summed E-state index contributed by atoms with van der Waals surface area (Å²) in [5, 5.41) is 18.7. The van der Waals surface area contributed by atoms with Gasteiger partial charge in [0.25, 0.3) is 11.8 Å². The number of likely N-dealkylation sites (tertiary alicyclic amines) is 1. The monoisotopic (exact) mass is 504 g/mol. The summed E-state index contributed by atoms with van der Waals surface area (Å²) in [5.41, 5.74) is 7.41. The summed E-state index contributed by atoms with van der Waals surface area (Å²) >= 11 is 1.32. The molecule has 188 valence electrons. The van der Waals surface area contributed by atoms with Crippen LogP contribution in [-0.2, 0) is 6.54 Å². The molecule has 36 heavy (non-hydrogen) atoms. The second kappa shape index (κ2) is 12.1. The van der Waals surface area contributed by atoms with Crippen LogP contribution in [0.4, 0.5) is 5.00 Å². The first-order chi connectivity index (χ1) is 17.4. The minimum Gasteiger partial charge on any atom is -0.396 e. The van der Waals surface area contributed by atoms with Gasteiger partial charge in [-0.25, -0.2) is 5.43 Å². The number of hydrogen-bond donors (Lipinski definition) is 3. The number of aliphatic hydroxyl groups is 1. The lowest BCUT2D eigenvalue weighted by molar-refractivity contribution is 0.0956. The fraction of sp³-hybridized carbons (Fsp3) is 0.321. The summed E-state index contributed by atoms with van der Waals surface area (Å²) in [5.74, 6) is -0.227. The summed E-state index contributed by atoms with van der Waals surface area (Å²) < 4.78 is 0. The number of anilines is 1. The van der Waals surface area contributed by atoms with Gasteiger partial charge in [-0.2, -0.15) is 5.10 Å². The number of carbonyl (C=O) groups excluding carboxylic acids is 2. The minimum atomic E-state index is -0.368. The number of thiophene rings is 1. The number of nitrogens with one attached hydrogen (secondary N) is 2. The summed E-state index contributed by atoms with van der Waals surface area (Å²) in [7, 11) is 0. The highest BCUT2D eigenvalue weighted by Crippen LogP contribution is 2.28. The van der Waals surface area contributed by atoms with Crippen LogP contribution in [0.3, 0.4) is 0 Å². The average molecular weight is 505 g/mol. The zero-order chi connectivity index (χ0) is 25.5. The van der Waals surface area contributed by atoms with Gasteiger partial charge in [0.1, 0.15) is 5.00 Å². The number of amides is 2. The lowest BCUT2D eigenvalue weighted by Crippen LogP contribution is -2.34. The number of hydrogen-bond acceptors (Lipinski definition) is 6. The van der Waals surface area contributed by atoms with E-state index in [1.807, 2.05) is 61.7 Å². The van der Waals surface area contributed by atoms with Gasteiger partial charge in [-0.1, -0.05) is 42.0 Å². The zero-order valence-electron chi connectivity index (χ0n) is 20.7. The fourth-order valence-electron chi connectivity index (χ4n) is 4.26. The van der Waals surface area contributed by atoms with Gasteiger partial charge in [-0.3, -0.25) is 14.5 Å². The van der Waals surface area contributed by atoms with Gasteiger partial charge < -0.3 is 10.4 Å². The van der Waals surface area contributed by atoms with Crippen LogP contribution in [0, 0.1) is 19.8 Å². The Bertz CT molecular complexity index is 1230. The molecule has 1 aliphatic rings. The van der Waals surface area contributed by atoms with Gasteiger partial charge in [-0.05, 0) is 79.9 Å². The molecule has 3 aromatic rings. The molecule has 2 heterocycles. The molecule has 1 fully saturated rings. The van der Waals surface area contributed by atoms with E-state index >= 15 is 0 Å². The third-order valence-corrected chi connectivity index (χ3v) is 7.46. The number of benzene rings is 2. The summed E-state index contributed by atoms with van der Waals surface area (Å²) in [6.07, 6.45) is 3.58. The zero-order valence-corrected chi connectivity index (χ0v) is 21.5. The molecule has 1 aromatic heterocycles. The van der Waals surface area contributed by atoms with Gasteiger partial charge in [0.2, 0.25) is 0 Å². The third-order valence-electron chi connectivity index (χ3n) is 6.45. The van der Waals surface area contributed by atoms with Gasteiger partial charge >= 0.3 is 0 Å². The van der Waals surface area contributed by atoms with Crippen LogP contribution < -0.4 is 10.7 Å². The van der Waals surface area contributed by atoms with E-state index in [9.17, 15) is 14.7 Å². The summed E-state index contributed by atoms with van der Waals surface area (Å²) in [4.78, 5) is 28.2. The predicted octanol–water partition coefficient (Wildman–Crippen LogP) is 4.59. The smallest absolute Gasteiger partial charge is 0.274 e. The summed E-state index contributed by atoms with van der Waals surface area (Å²) in [6, 6.07) is 15.4. The van der Waals surface area contributed by atoms with Crippen molar-refractivity contribution in [3.63, 3.8) is 0 Å². The Kier molecular flexibility index (Phi) is 8.64. The number of rotatable bonds is 8. The molecule has 0 unspecified atom stereocenters. The Morgan fingerprint density at radius 1 is 1.11 bits per heavy atom. The van der Waals surface area contributed by atoms with Crippen molar-refractivity contribution in [2.75, 3.05) is 25.0 Å². The van der Waals surface area contributed by atoms with Crippen molar-refractivity contribution in [3.05, 3.63) is 87.3 Å². The molecule has 0 atom stereocenters. The van der Waals surface area contributed by atoms with Crippen LogP contribution in [-0.4, -0.2) is 47.7 Å². The van der Waals surface area contributed by atoms with E-state index in [0.717, 1.165) is 54.7 Å². The van der Waals surface area contributed by atoms with Crippen LogP contribution in [0.1, 0.15) is 55.8 Å². The Morgan fingerprint density at radius 3 is 2.58 bits per heavy atom. The number of piperidine rings is 1. The number of carbonyl (C=O) groups is 2. The molecule has 0 saturated carbocycles. The van der Waals surface area contributed by atoms with Crippen molar-refractivity contribution in [1.82, 2.24) is 10.3 Å². The van der Waals surface area contributed by atoms with Crippen LogP contribution in [0.5, 0.6) is 0 Å². The predicted molar refractivity (Wildman–Crippen MR) is 145 cm³/mol. The van der Waals surface area contributed by atoms with Crippen LogP contribution in [0.15, 0.2) is 59.0 Å². The molecule has 0 aliphatic carbocycles. The quantitative estimate of drug-likeness (QED) is 0.309. The fourth-order valence-corrected chi connectivity index (χ4v) is 5.20. The van der Waals surface area contributed by atoms with E-state index in [-0.39, 0.29) is 18.4 Å². The van der Waals surface area contributed by atoms with Gasteiger partial charge in [-0.15, -0.1) is 11.3 Å². The van der Waals surface area contributed by atoms with Crippen molar-refractivity contribution >= 4 is 34.4 Å². The third kappa shape index (κ3) is 6.66. The SMILES string of the molecule is Cc1ccc(C=NNC(=O)c2c(C)csc2NC(=O)c2cccc(CN3CCC(CO)CC3)c2)cc1. The first-order valence-corrected chi connectivity index (χ1v) is 13.0. The standard InChI is InChI=1S/C28H32N4O3S/c1-19-6-8-21(9-7-19)15-29-31-27(35)25-20(2)18-36-28(25)30-26(34)24-5-3-4-23(14-24)16-32-12-10-22(17-33)11-13-32/h3-9,14-15,18,22,33H,10-13,16-17H2,1-2H3,(H,30,34)(H,31,35). The average Bonchev–Trinajstić information content (AvgIpc) is 3.25. The van der Waals surface area contributed by atoms with Gasteiger partial charge in [0, 0.05) is 18.7 Å².